The molecule has 96 valence electrons. The highest BCUT2D eigenvalue weighted by molar-refractivity contribution is 5.39. The van der Waals surface area contributed by atoms with E-state index in [0.29, 0.717) is 6.61 Å². The fraction of sp³-hybridized carbons (Fsp3) is 0.571. The molecule has 0 atom stereocenters. The first-order valence-electron chi connectivity index (χ1n) is 5.99. The molecule has 0 aliphatic rings. The molecule has 3 nitrogen and oxygen atoms in total. The van der Waals surface area contributed by atoms with Crippen molar-refractivity contribution in [1.82, 2.24) is 5.32 Å². The SMILES string of the molecule is CNCC(C)(C)CCOc1ccccc1OC. The second-order valence-electron chi connectivity index (χ2n) is 4.94. The summed E-state index contributed by atoms with van der Waals surface area (Å²) in [6.45, 7) is 6.15. The Balaban J connectivity index is 2.45. The fourth-order valence-electron chi connectivity index (χ4n) is 1.74. The molecule has 0 bridgehead atoms. The minimum Gasteiger partial charge on any atom is -0.493 e. The zero-order valence-corrected chi connectivity index (χ0v) is 11.2. The molecule has 0 unspecified atom stereocenters. The van der Waals surface area contributed by atoms with Gasteiger partial charge >= 0.3 is 0 Å². The Hall–Kier alpha value is -1.22. The third-order valence-corrected chi connectivity index (χ3v) is 2.76. The standard InChI is InChI=1S/C14H23NO2/c1-14(2,11-15-3)9-10-17-13-8-6-5-7-12(13)16-4/h5-8,15H,9-11H2,1-4H3. The van der Waals surface area contributed by atoms with Crippen LogP contribution >= 0.6 is 0 Å². The fourth-order valence-corrected chi connectivity index (χ4v) is 1.74. The van der Waals surface area contributed by atoms with E-state index in [1.54, 1.807) is 7.11 Å². The number of para-hydroxylation sites is 2. The van der Waals surface area contributed by atoms with E-state index in [1.807, 2.05) is 31.3 Å². The van der Waals surface area contributed by atoms with Crippen molar-refractivity contribution in [3.63, 3.8) is 0 Å². The van der Waals surface area contributed by atoms with E-state index >= 15 is 0 Å². The highest BCUT2D eigenvalue weighted by atomic mass is 16.5. The molecule has 0 aliphatic heterocycles. The summed E-state index contributed by atoms with van der Waals surface area (Å²) in [5.41, 5.74) is 0.247. The van der Waals surface area contributed by atoms with Crippen LogP contribution in [0.5, 0.6) is 11.5 Å². The predicted molar refractivity (Wildman–Crippen MR) is 70.8 cm³/mol. The van der Waals surface area contributed by atoms with Crippen LogP contribution in [0, 0.1) is 5.41 Å². The molecule has 1 aromatic carbocycles. The summed E-state index contributed by atoms with van der Waals surface area (Å²) in [6.07, 6.45) is 1.01. The van der Waals surface area contributed by atoms with Gasteiger partial charge in [-0.1, -0.05) is 26.0 Å². The Kier molecular flexibility index (Phi) is 5.29. The predicted octanol–water partition coefficient (Wildman–Crippen LogP) is 2.71. The summed E-state index contributed by atoms with van der Waals surface area (Å²) >= 11 is 0. The van der Waals surface area contributed by atoms with E-state index in [0.717, 1.165) is 24.5 Å². The van der Waals surface area contributed by atoms with Gasteiger partial charge in [0.2, 0.25) is 0 Å². The average Bonchev–Trinajstić information content (AvgIpc) is 2.29. The number of hydrogen-bond donors (Lipinski definition) is 1. The van der Waals surface area contributed by atoms with E-state index in [9.17, 15) is 0 Å². The van der Waals surface area contributed by atoms with Crippen molar-refractivity contribution < 1.29 is 9.47 Å². The summed E-state index contributed by atoms with van der Waals surface area (Å²) in [6, 6.07) is 7.74. The van der Waals surface area contributed by atoms with Gasteiger partial charge < -0.3 is 14.8 Å². The van der Waals surface area contributed by atoms with Crippen molar-refractivity contribution in [3.05, 3.63) is 24.3 Å². The zero-order valence-electron chi connectivity index (χ0n) is 11.2. The number of rotatable bonds is 7. The van der Waals surface area contributed by atoms with Crippen molar-refractivity contribution in [3.8, 4) is 11.5 Å². The Morgan fingerprint density at radius 1 is 1.18 bits per heavy atom. The number of nitrogens with one attached hydrogen (secondary N) is 1. The molecular formula is C14H23NO2. The molecule has 0 aromatic heterocycles. The van der Waals surface area contributed by atoms with Crippen molar-refractivity contribution in [2.45, 2.75) is 20.3 Å². The highest BCUT2D eigenvalue weighted by Gasteiger charge is 2.16. The Bertz CT molecular complexity index is 337. The van der Waals surface area contributed by atoms with Crippen LogP contribution in [-0.4, -0.2) is 27.3 Å². The molecule has 0 fully saturated rings. The Morgan fingerprint density at radius 3 is 2.41 bits per heavy atom. The molecule has 0 aliphatic carbocycles. The van der Waals surface area contributed by atoms with E-state index in [2.05, 4.69) is 19.2 Å². The van der Waals surface area contributed by atoms with Crippen LogP contribution in [0.15, 0.2) is 24.3 Å². The van der Waals surface area contributed by atoms with Crippen LogP contribution < -0.4 is 14.8 Å². The molecule has 0 spiro atoms. The van der Waals surface area contributed by atoms with Gasteiger partial charge in [-0.05, 0) is 31.0 Å². The molecule has 1 rings (SSSR count). The van der Waals surface area contributed by atoms with Gasteiger partial charge in [0.25, 0.3) is 0 Å². The van der Waals surface area contributed by atoms with Crippen LogP contribution in [0.3, 0.4) is 0 Å². The maximum atomic E-state index is 5.76. The summed E-state index contributed by atoms with van der Waals surface area (Å²) in [7, 11) is 3.63. The van der Waals surface area contributed by atoms with E-state index in [4.69, 9.17) is 9.47 Å². The zero-order chi connectivity index (χ0) is 12.7. The Labute approximate surface area is 104 Å². The average molecular weight is 237 g/mol. The summed E-state index contributed by atoms with van der Waals surface area (Å²) in [4.78, 5) is 0. The van der Waals surface area contributed by atoms with Gasteiger partial charge in [0.05, 0.1) is 13.7 Å². The molecule has 3 heteroatoms. The van der Waals surface area contributed by atoms with Gasteiger partial charge in [0, 0.05) is 6.54 Å². The first-order valence-corrected chi connectivity index (χ1v) is 5.99. The van der Waals surface area contributed by atoms with Crippen LogP contribution in [0.2, 0.25) is 0 Å². The van der Waals surface area contributed by atoms with Crippen molar-refractivity contribution in [1.29, 1.82) is 0 Å². The monoisotopic (exact) mass is 237 g/mol. The molecule has 1 N–H and O–H groups in total. The third-order valence-electron chi connectivity index (χ3n) is 2.76. The van der Waals surface area contributed by atoms with Crippen molar-refractivity contribution in [2.24, 2.45) is 5.41 Å². The van der Waals surface area contributed by atoms with Crippen molar-refractivity contribution >= 4 is 0 Å². The lowest BCUT2D eigenvalue weighted by molar-refractivity contribution is 0.219. The molecule has 17 heavy (non-hydrogen) atoms. The third kappa shape index (κ3) is 4.65. The van der Waals surface area contributed by atoms with Crippen molar-refractivity contribution in [2.75, 3.05) is 27.3 Å². The Morgan fingerprint density at radius 2 is 1.82 bits per heavy atom. The topological polar surface area (TPSA) is 30.5 Å². The summed E-state index contributed by atoms with van der Waals surface area (Å²) in [5.74, 6) is 1.61. The molecular weight excluding hydrogens is 214 g/mol. The molecule has 0 saturated carbocycles. The molecule has 0 radical (unpaired) electrons. The highest BCUT2D eigenvalue weighted by Crippen LogP contribution is 2.27. The van der Waals surface area contributed by atoms with Gasteiger partial charge in [-0.3, -0.25) is 0 Å². The normalized spacial score (nSPS) is 11.3. The van der Waals surface area contributed by atoms with Crippen LogP contribution in [0.25, 0.3) is 0 Å². The van der Waals surface area contributed by atoms with Crippen LogP contribution in [-0.2, 0) is 0 Å². The smallest absolute Gasteiger partial charge is 0.161 e. The summed E-state index contributed by atoms with van der Waals surface area (Å²) in [5, 5.41) is 3.20. The number of benzene rings is 1. The van der Waals surface area contributed by atoms with Gasteiger partial charge in [0.1, 0.15) is 0 Å². The lowest BCUT2D eigenvalue weighted by Gasteiger charge is -2.24. The van der Waals surface area contributed by atoms with Crippen LogP contribution in [0.4, 0.5) is 0 Å². The van der Waals surface area contributed by atoms with E-state index < -0.39 is 0 Å². The number of ether oxygens (including phenoxy) is 2. The molecule has 0 heterocycles. The molecule has 1 aromatic rings. The first kappa shape index (κ1) is 13.8. The van der Waals surface area contributed by atoms with E-state index in [-0.39, 0.29) is 5.41 Å². The second kappa shape index (κ2) is 6.50. The van der Waals surface area contributed by atoms with E-state index in [1.165, 1.54) is 0 Å². The number of hydrogen-bond acceptors (Lipinski definition) is 3. The van der Waals surface area contributed by atoms with Gasteiger partial charge in [-0.2, -0.15) is 0 Å². The molecule has 0 amide bonds. The maximum absolute atomic E-state index is 5.76. The number of methoxy groups -OCH3 is 1. The lowest BCUT2D eigenvalue weighted by Crippen LogP contribution is -2.28. The van der Waals surface area contributed by atoms with Gasteiger partial charge in [-0.15, -0.1) is 0 Å². The maximum Gasteiger partial charge on any atom is 0.161 e. The van der Waals surface area contributed by atoms with Gasteiger partial charge in [-0.25, -0.2) is 0 Å². The van der Waals surface area contributed by atoms with Crippen LogP contribution in [0.1, 0.15) is 20.3 Å². The first-order chi connectivity index (χ1) is 8.09. The minimum atomic E-state index is 0.247. The lowest BCUT2D eigenvalue weighted by atomic mass is 9.90. The second-order valence-corrected chi connectivity index (χ2v) is 4.94. The largest absolute Gasteiger partial charge is 0.493 e. The minimum absolute atomic E-state index is 0.247. The molecule has 0 saturated heterocycles. The summed E-state index contributed by atoms with van der Waals surface area (Å²) < 4.78 is 11.0. The van der Waals surface area contributed by atoms with Gasteiger partial charge in [0.15, 0.2) is 11.5 Å². The quantitative estimate of drug-likeness (QED) is 0.791.